The third-order valence-corrected chi connectivity index (χ3v) is 3.39. The van der Waals surface area contributed by atoms with Gasteiger partial charge in [0.2, 0.25) is 0 Å². The van der Waals surface area contributed by atoms with Crippen LogP contribution in [0, 0.1) is 5.82 Å². The van der Waals surface area contributed by atoms with E-state index in [0.29, 0.717) is 0 Å². The molecule has 0 atom stereocenters. The van der Waals surface area contributed by atoms with Crippen LogP contribution in [0.1, 0.15) is 0 Å². The Labute approximate surface area is 119 Å². The molecule has 0 aliphatic rings. The van der Waals surface area contributed by atoms with Crippen LogP contribution in [0.5, 0.6) is 0 Å². The maximum Gasteiger partial charge on any atom is 0.146 e. The first-order chi connectivity index (χ1) is 10.3. The molecule has 4 nitrogen and oxygen atoms in total. The van der Waals surface area contributed by atoms with E-state index in [1.807, 2.05) is 34.9 Å². The summed E-state index contributed by atoms with van der Waals surface area (Å²) < 4.78 is 15.1. The van der Waals surface area contributed by atoms with Gasteiger partial charge in [-0.3, -0.25) is 9.67 Å². The maximum absolute atomic E-state index is 13.1. The van der Waals surface area contributed by atoms with Gasteiger partial charge in [-0.2, -0.15) is 5.10 Å². The number of fused-ring (bicyclic) bond motifs is 1. The molecular weight excluding hydrogens is 267 g/mol. The lowest BCUT2D eigenvalue weighted by molar-refractivity contribution is 0.628. The second kappa shape index (κ2) is 4.56. The molecule has 5 heteroatoms. The number of hydrogen-bond donors (Lipinski definition) is 1. The molecule has 0 aliphatic heterocycles. The number of aromatic nitrogens is 4. The average Bonchev–Trinajstić information content (AvgIpc) is 3.14. The van der Waals surface area contributed by atoms with Gasteiger partial charge in [-0.05, 0) is 36.4 Å². The van der Waals surface area contributed by atoms with Gasteiger partial charge >= 0.3 is 0 Å². The number of hydrogen-bond acceptors (Lipinski definition) is 2. The van der Waals surface area contributed by atoms with Crippen molar-refractivity contribution in [2.45, 2.75) is 0 Å². The second-order valence-corrected chi connectivity index (χ2v) is 4.71. The predicted octanol–water partition coefficient (Wildman–Crippen LogP) is 3.55. The molecule has 2 heterocycles. The van der Waals surface area contributed by atoms with Crippen LogP contribution in [0.3, 0.4) is 0 Å². The van der Waals surface area contributed by atoms with E-state index in [2.05, 4.69) is 15.2 Å². The normalized spacial score (nSPS) is 11.1. The lowest BCUT2D eigenvalue weighted by Crippen LogP contribution is -1.98. The van der Waals surface area contributed by atoms with Crippen LogP contribution in [-0.4, -0.2) is 19.7 Å². The van der Waals surface area contributed by atoms with Gasteiger partial charge in [0.25, 0.3) is 0 Å². The van der Waals surface area contributed by atoms with Crippen LogP contribution in [0.25, 0.3) is 28.2 Å². The van der Waals surface area contributed by atoms with Crippen LogP contribution < -0.4 is 0 Å². The average molecular weight is 278 g/mol. The molecule has 0 aliphatic carbocycles. The van der Waals surface area contributed by atoms with E-state index >= 15 is 0 Å². The number of rotatable bonds is 2. The van der Waals surface area contributed by atoms with Gasteiger partial charge in [-0.15, -0.1) is 0 Å². The number of benzene rings is 2. The van der Waals surface area contributed by atoms with Crippen molar-refractivity contribution in [2.75, 3.05) is 0 Å². The SMILES string of the molecule is Fc1ccc(-c2nc3ccccc3n2-c2ccn[nH]2)cc1. The number of nitrogens with zero attached hydrogens (tertiary/aromatic N) is 3. The standard InChI is InChI=1S/C16H11FN4/c17-12-7-5-11(6-8-12)16-19-13-3-1-2-4-14(13)21(16)15-9-10-18-20-15/h1-10H,(H,18,20). The van der Waals surface area contributed by atoms with Crippen molar-refractivity contribution in [1.82, 2.24) is 19.7 Å². The van der Waals surface area contributed by atoms with Gasteiger partial charge in [0, 0.05) is 11.6 Å². The van der Waals surface area contributed by atoms with Crippen molar-refractivity contribution in [3.63, 3.8) is 0 Å². The van der Waals surface area contributed by atoms with E-state index in [-0.39, 0.29) is 5.82 Å². The van der Waals surface area contributed by atoms with E-state index in [1.165, 1.54) is 12.1 Å². The molecule has 102 valence electrons. The molecule has 21 heavy (non-hydrogen) atoms. The van der Waals surface area contributed by atoms with E-state index in [4.69, 9.17) is 0 Å². The summed E-state index contributed by atoms with van der Waals surface area (Å²) in [6.45, 7) is 0. The Morgan fingerprint density at radius 3 is 2.52 bits per heavy atom. The van der Waals surface area contributed by atoms with Gasteiger partial charge < -0.3 is 0 Å². The molecule has 0 saturated heterocycles. The Morgan fingerprint density at radius 1 is 0.952 bits per heavy atom. The van der Waals surface area contributed by atoms with Crippen molar-refractivity contribution < 1.29 is 4.39 Å². The smallest absolute Gasteiger partial charge is 0.146 e. The summed E-state index contributed by atoms with van der Waals surface area (Å²) in [6.07, 6.45) is 1.69. The monoisotopic (exact) mass is 278 g/mol. The summed E-state index contributed by atoms with van der Waals surface area (Å²) in [5.41, 5.74) is 2.70. The molecule has 0 saturated carbocycles. The lowest BCUT2D eigenvalue weighted by Gasteiger charge is -2.06. The molecule has 0 amide bonds. The van der Waals surface area contributed by atoms with Crippen molar-refractivity contribution in [1.29, 1.82) is 0 Å². The summed E-state index contributed by atoms with van der Waals surface area (Å²) in [5.74, 6) is 1.31. The summed E-state index contributed by atoms with van der Waals surface area (Å²) in [7, 11) is 0. The zero-order chi connectivity index (χ0) is 14.2. The molecule has 4 aromatic rings. The summed E-state index contributed by atoms with van der Waals surface area (Å²) in [4.78, 5) is 4.66. The first kappa shape index (κ1) is 11.8. The summed E-state index contributed by atoms with van der Waals surface area (Å²) in [5, 5.41) is 6.95. The highest BCUT2D eigenvalue weighted by molar-refractivity contribution is 5.82. The van der Waals surface area contributed by atoms with Crippen molar-refractivity contribution in [3.05, 3.63) is 66.6 Å². The Morgan fingerprint density at radius 2 is 1.76 bits per heavy atom. The minimum absolute atomic E-state index is 0.261. The minimum atomic E-state index is -0.261. The summed E-state index contributed by atoms with van der Waals surface area (Å²) in [6, 6.07) is 16.1. The minimum Gasteiger partial charge on any atom is -0.277 e. The van der Waals surface area contributed by atoms with Gasteiger partial charge in [-0.25, -0.2) is 9.37 Å². The second-order valence-electron chi connectivity index (χ2n) is 4.71. The van der Waals surface area contributed by atoms with Gasteiger partial charge in [0.15, 0.2) is 0 Å². The Bertz CT molecular complexity index is 892. The first-order valence-corrected chi connectivity index (χ1v) is 6.56. The van der Waals surface area contributed by atoms with Crippen LogP contribution in [0.4, 0.5) is 4.39 Å². The van der Waals surface area contributed by atoms with E-state index < -0.39 is 0 Å². The number of para-hydroxylation sites is 2. The zero-order valence-corrected chi connectivity index (χ0v) is 11.0. The fraction of sp³-hybridized carbons (Fsp3) is 0. The molecule has 0 spiro atoms. The molecular formula is C16H11FN4. The number of halogens is 1. The highest BCUT2D eigenvalue weighted by Crippen LogP contribution is 2.27. The van der Waals surface area contributed by atoms with E-state index in [1.54, 1.807) is 18.3 Å². The van der Waals surface area contributed by atoms with Crippen molar-refractivity contribution in [3.8, 4) is 17.2 Å². The molecule has 0 fully saturated rings. The Balaban J connectivity index is 2.04. The number of aromatic amines is 1. The number of nitrogens with one attached hydrogen (secondary N) is 1. The number of imidazole rings is 1. The largest absolute Gasteiger partial charge is 0.277 e. The fourth-order valence-electron chi connectivity index (χ4n) is 2.44. The van der Waals surface area contributed by atoms with Crippen molar-refractivity contribution in [2.24, 2.45) is 0 Å². The van der Waals surface area contributed by atoms with Crippen molar-refractivity contribution >= 4 is 11.0 Å². The first-order valence-electron chi connectivity index (χ1n) is 6.56. The number of H-pyrrole nitrogens is 1. The third kappa shape index (κ3) is 1.90. The molecule has 2 aromatic carbocycles. The molecule has 0 bridgehead atoms. The quantitative estimate of drug-likeness (QED) is 0.609. The highest BCUT2D eigenvalue weighted by Gasteiger charge is 2.14. The maximum atomic E-state index is 13.1. The molecule has 0 radical (unpaired) electrons. The topological polar surface area (TPSA) is 46.5 Å². The van der Waals surface area contributed by atoms with Crippen LogP contribution in [0.2, 0.25) is 0 Å². The Hall–Kier alpha value is -2.95. The van der Waals surface area contributed by atoms with Gasteiger partial charge in [0.05, 0.1) is 17.2 Å². The molecule has 2 aromatic heterocycles. The highest BCUT2D eigenvalue weighted by atomic mass is 19.1. The molecule has 1 N–H and O–H groups in total. The third-order valence-electron chi connectivity index (χ3n) is 3.39. The molecule has 0 unspecified atom stereocenters. The lowest BCUT2D eigenvalue weighted by atomic mass is 10.2. The zero-order valence-electron chi connectivity index (χ0n) is 11.0. The summed E-state index contributed by atoms with van der Waals surface area (Å²) >= 11 is 0. The van der Waals surface area contributed by atoms with Gasteiger partial charge in [-0.1, -0.05) is 12.1 Å². The van der Waals surface area contributed by atoms with Crippen LogP contribution >= 0.6 is 0 Å². The predicted molar refractivity (Wildman–Crippen MR) is 78.6 cm³/mol. The molecule has 4 rings (SSSR count). The van der Waals surface area contributed by atoms with E-state index in [0.717, 1.165) is 28.2 Å². The Kier molecular flexibility index (Phi) is 2.57. The van der Waals surface area contributed by atoms with Crippen LogP contribution in [-0.2, 0) is 0 Å². The van der Waals surface area contributed by atoms with Gasteiger partial charge in [0.1, 0.15) is 17.5 Å². The van der Waals surface area contributed by atoms with Crippen LogP contribution in [0.15, 0.2) is 60.8 Å². The fourth-order valence-corrected chi connectivity index (χ4v) is 2.44. The van der Waals surface area contributed by atoms with E-state index in [9.17, 15) is 4.39 Å².